The van der Waals surface area contributed by atoms with Crippen LogP contribution < -0.4 is 0 Å². The van der Waals surface area contributed by atoms with Crippen molar-refractivity contribution < 1.29 is 4.39 Å². The van der Waals surface area contributed by atoms with Crippen molar-refractivity contribution in [2.45, 2.75) is 6.92 Å². The molecule has 0 spiro atoms. The summed E-state index contributed by atoms with van der Waals surface area (Å²) in [6, 6.07) is 6.90. The molecule has 15 heavy (non-hydrogen) atoms. The highest BCUT2D eigenvalue weighted by atomic mass is 127. The third-order valence-electron chi connectivity index (χ3n) is 2.08. The molecule has 74 valence electrons. The van der Waals surface area contributed by atoms with Gasteiger partial charge in [-0.05, 0) is 47.7 Å². The van der Waals surface area contributed by atoms with Gasteiger partial charge in [0.25, 0.3) is 0 Å². The topological polar surface area (TPSA) is 36.7 Å². The number of hydrogen-bond donors (Lipinski definition) is 0. The summed E-state index contributed by atoms with van der Waals surface area (Å²) >= 11 is 2.02. The van der Waals surface area contributed by atoms with E-state index in [1.54, 1.807) is 19.1 Å². The Morgan fingerprint density at radius 3 is 2.80 bits per heavy atom. The van der Waals surface area contributed by atoms with Crippen LogP contribution in [0.15, 0.2) is 18.2 Å². The maximum Gasteiger partial charge on any atom is 0.150 e. The first-order chi connectivity index (χ1) is 7.11. The van der Waals surface area contributed by atoms with E-state index in [0.29, 0.717) is 16.6 Å². The first-order valence-corrected chi connectivity index (χ1v) is 5.36. The average molecular weight is 312 g/mol. The van der Waals surface area contributed by atoms with Crippen LogP contribution in [0, 0.1) is 27.6 Å². The number of fused-ring (bicyclic) bond motifs is 1. The molecule has 1 aromatic heterocycles. The van der Waals surface area contributed by atoms with Gasteiger partial charge in [0.05, 0.1) is 11.6 Å². The minimum absolute atomic E-state index is 0.270. The van der Waals surface area contributed by atoms with Gasteiger partial charge in [0.2, 0.25) is 0 Å². The van der Waals surface area contributed by atoms with Crippen LogP contribution in [-0.4, -0.2) is 4.98 Å². The summed E-state index contributed by atoms with van der Waals surface area (Å²) in [6.07, 6.45) is 0. The largest absolute Gasteiger partial charge is 0.250 e. The fraction of sp³-hybridized carbons (Fsp3) is 0.0909. The van der Waals surface area contributed by atoms with Gasteiger partial charge in [-0.25, -0.2) is 9.37 Å². The normalized spacial score (nSPS) is 10.3. The predicted molar refractivity (Wildman–Crippen MR) is 63.9 cm³/mol. The van der Waals surface area contributed by atoms with Crippen LogP contribution >= 0.6 is 22.6 Å². The molecule has 0 aliphatic heterocycles. The van der Waals surface area contributed by atoms with Gasteiger partial charge >= 0.3 is 0 Å². The molecular weight excluding hydrogens is 306 g/mol. The van der Waals surface area contributed by atoms with Crippen molar-refractivity contribution in [2.75, 3.05) is 0 Å². The van der Waals surface area contributed by atoms with E-state index in [9.17, 15) is 4.39 Å². The second-order valence-electron chi connectivity index (χ2n) is 3.21. The number of benzene rings is 1. The van der Waals surface area contributed by atoms with Gasteiger partial charge < -0.3 is 0 Å². The maximum atomic E-state index is 13.6. The number of aromatic nitrogens is 1. The highest BCUT2D eigenvalue weighted by Gasteiger charge is 2.09. The van der Waals surface area contributed by atoms with Gasteiger partial charge in [-0.15, -0.1) is 0 Å². The Morgan fingerprint density at radius 2 is 2.13 bits per heavy atom. The van der Waals surface area contributed by atoms with Crippen molar-refractivity contribution in [3.63, 3.8) is 0 Å². The van der Waals surface area contributed by atoms with Gasteiger partial charge in [-0.3, -0.25) is 0 Å². The van der Waals surface area contributed by atoms with Crippen molar-refractivity contribution in [1.29, 1.82) is 5.26 Å². The summed E-state index contributed by atoms with van der Waals surface area (Å²) in [6.45, 7) is 1.75. The molecular formula is C11H6FIN2. The minimum atomic E-state index is -0.378. The van der Waals surface area contributed by atoms with Gasteiger partial charge in [-0.2, -0.15) is 5.26 Å². The number of pyridine rings is 1. The highest BCUT2D eigenvalue weighted by Crippen LogP contribution is 2.23. The zero-order valence-corrected chi connectivity index (χ0v) is 10.0. The Balaban J connectivity index is 2.98. The Kier molecular flexibility index (Phi) is 2.57. The second kappa shape index (κ2) is 3.74. The van der Waals surface area contributed by atoms with Crippen molar-refractivity contribution >= 4 is 33.5 Å². The molecule has 4 heteroatoms. The Bertz CT molecular complexity index is 587. The van der Waals surface area contributed by atoms with Crippen LogP contribution in [0.2, 0.25) is 0 Å². The Labute approximate surface area is 99.9 Å². The number of rotatable bonds is 0. The number of nitriles is 1. The smallest absolute Gasteiger partial charge is 0.150 e. The predicted octanol–water partition coefficient (Wildman–Crippen LogP) is 3.16. The molecule has 0 amide bonds. The van der Waals surface area contributed by atoms with Crippen LogP contribution in [0.1, 0.15) is 11.3 Å². The first-order valence-electron chi connectivity index (χ1n) is 4.28. The molecule has 0 radical (unpaired) electrons. The van der Waals surface area contributed by atoms with Crippen LogP contribution in [0.4, 0.5) is 4.39 Å². The Morgan fingerprint density at radius 1 is 1.40 bits per heavy atom. The molecule has 1 heterocycles. The standard InChI is InChI=1S/C11H6FIN2/c1-6-2-7(5-14)9-3-8(13)4-10(12)11(9)15-6/h2-4H,1H3. The molecule has 0 atom stereocenters. The molecule has 0 aliphatic rings. The van der Waals surface area contributed by atoms with Gasteiger partial charge in [0.1, 0.15) is 5.52 Å². The average Bonchev–Trinajstić information content (AvgIpc) is 2.18. The van der Waals surface area contributed by atoms with Crippen molar-refractivity contribution in [3.8, 4) is 6.07 Å². The molecule has 2 aromatic rings. The SMILES string of the molecule is Cc1cc(C#N)c2cc(I)cc(F)c2n1. The molecule has 0 bridgehead atoms. The highest BCUT2D eigenvalue weighted by molar-refractivity contribution is 14.1. The third-order valence-corrected chi connectivity index (χ3v) is 2.70. The van der Waals surface area contributed by atoms with E-state index in [4.69, 9.17) is 5.26 Å². The van der Waals surface area contributed by atoms with Crippen molar-refractivity contribution in [3.05, 3.63) is 38.8 Å². The van der Waals surface area contributed by atoms with Crippen LogP contribution in [0.3, 0.4) is 0 Å². The van der Waals surface area contributed by atoms with Crippen LogP contribution in [0.25, 0.3) is 10.9 Å². The maximum absolute atomic E-state index is 13.6. The summed E-state index contributed by atoms with van der Waals surface area (Å²) in [5.74, 6) is -0.378. The monoisotopic (exact) mass is 312 g/mol. The molecule has 0 saturated heterocycles. The van der Waals surface area contributed by atoms with E-state index in [1.807, 2.05) is 22.6 Å². The molecule has 0 N–H and O–H groups in total. The number of hydrogen-bond acceptors (Lipinski definition) is 2. The first kappa shape index (κ1) is 10.3. The van der Waals surface area contributed by atoms with Gasteiger partial charge in [-0.1, -0.05) is 0 Å². The molecule has 2 nitrogen and oxygen atoms in total. The number of nitrogens with zero attached hydrogens (tertiary/aromatic N) is 2. The summed E-state index contributed by atoms with van der Waals surface area (Å²) in [7, 11) is 0. The van der Waals surface area contributed by atoms with Crippen LogP contribution in [-0.2, 0) is 0 Å². The van der Waals surface area contributed by atoms with Crippen molar-refractivity contribution in [1.82, 2.24) is 4.98 Å². The lowest BCUT2D eigenvalue weighted by atomic mass is 10.1. The Hall–Kier alpha value is -1.22. The number of halogens is 2. The van der Waals surface area contributed by atoms with E-state index in [2.05, 4.69) is 11.1 Å². The lowest BCUT2D eigenvalue weighted by Gasteiger charge is -2.03. The zero-order valence-electron chi connectivity index (χ0n) is 7.88. The lowest BCUT2D eigenvalue weighted by Crippen LogP contribution is -1.92. The van der Waals surface area contributed by atoms with E-state index < -0.39 is 0 Å². The lowest BCUT2D eigenvalue weighted by molar-refractivity contribution is 0.635. The van der Waals surface area contributed by atoms with E-state index in [1.165, 1.54) is 6.07 Å². The van der Waals surface area contributed by atoms with E-state index in [-0.39, 0.29) is 11.3 Å². The molecule has 2 rings (SSSR count). The van der Waals surface area contributed by atoms with Crippen molar-refractivity contribution in [2.24, 2.45) is 0 Å². The fourth-order valence-corrected chi connectivity index (χ4v) is 2.06. The summed E-state index contributed by atoms with van der Waals surface area (Å²) in [5, 5.41) is 9.52. The molecule has 0 saturated carbocycles. The quantitative estimate of drug-likeness (QED) is 0.701. The number of aryl methyl sites for hydroxylation is 1. The molecule has 0 unspecified atom stereocenters. The van der Waals surface area contributed by atoms with Crippen LogP contribution in [0.5, 0.6) is 0 Å². The summed E-state index contributed by atoms with van der Waals surface area (Å²) < 4.78 is 14.3. The van der Waals surface area contributed by atoms with Gasteiger partial charge in [0.15, 0.2) is 5.82 Å². The third kappa shape index (κ3) is 1.79. The second-order valence-corrected chi connectivity index (χ2v) is 4.45. The van der Waals surface area contributed by atoms with E-state index >= 15 is 0 Å². The van der Waals surface area contributed by atoms with Gasteiger partial charge in [0, 0.05) is 14.7 Å². The summed E-state index contributed by atoms with van der Waals surface area (Å²) in [5.41, 5.74) is 1.39. The summed E-state index contributed by atoms with van der Waals surface area (Å²) in [4.78, 5) is 4.10. The molecule has 0 fully saturated rings. The van der Waals surface area contributed by atoms with E-state index in [0.717, 1.165) is 3.57 Å². The minimum Gasteiger partial charge on any atom is -0.250 e. The molecule has 0 aliphatic carbocycles. The molecule has 1 aromatic carbocycles. The fourth-order valence-electron chi connectivity index (χ4n) is 1.47. The zero-order chi connectivity index (χ0) is 11.0.